The second-order valence-corrected chi connectivity index (χ2v) is 7.25. The minimum absolute atomic E-state index is 0.237. The molecule has 5 heteroatoms. The van der Waals surface area contributed by atoms with Crippen molar-refractivity contribution >= 4 is 27.7 Å². The second kappa shape index (κ2) is 5.97. The number of halogens is 1. The summed E-state index contributed by atoms with van der Waals surface area (Å²) in [6.45, 7) is 6.00. The molecule has 1 aromatic heterocycles. The second-order valence-electron chi connectivity index (χ2n) is 4.89. The van der Waals surface area contributed by atoms with E-state index in [4.69, 9.17) is 5.73 Å². The van der Waals surface area contributed by atoms with Gasteiger partial charge in [0.25, 0.3) is 0 Å². The Kier molecular flexibility index (Phi) is 4.78. The molecular formula is C13H22BrN3S. The normalized spacial score (nSPS) is 23.8. The van der Waals surface area contributed by atoms with Gasteiger partial charge in [-0.1, -0.05) is 6.92 Å². The highest BCUT2D eigenvalue weighted by molar-refractivity contribution is 9.10. The Labute approximate surface area is 122 Å². The molecule has 0 spiro atoms. The zero-order valence-corrected chi connectivity index (χ0v) is 13.6. The Hall–Kier alpha value is -0.000000000000000111. The number of aromatic nitrogens is 2. The van der Waals surface area contributed by atoms with E-state index in [-0.39, 0.29) is 4.75 Å². The zero-order chi connectivity index (χ0) is 13.2. The van der Waals surface area contributed by atoms with Crippen LogP contribution in [-0.2, 0) is 19.4 Å². The number of rotatable bonds is 5. The molecule has 2 rings (SSSR count). The van der Waals surface area contributed by atoms with Crippen LogP contribution < -0.4 is 5.73 Å². The Bertz CT molecular complexity index is 411. The molecule has 1 aliphatic heterocycles. The van der Waals surface area contributed by atoms with Crippen molar-refractivity contribution in [2.24, 2.45) is 5.73 Å². The van der Waals surface area contributed by atoms with Crippen molar-refractivity contribution in [3.05, 3.63) is 15.9 Å². The molecule has 3 nitrogen and oxygen atoms in total. The smallest absolute Gasteiger partial charge is 0.0766 e. The van der Waals surface area contributed by atoms with Crippen LogP contribution in [0.5, 0.6) is 0 Å². The van der Waals surface area contributed by atoms with Gasteiger partial charge in [0.1, 0.15) is 0 Å². The molecule has 1 aliphatic rings. The van der Waals surface area contributed by atoms with Gasteiger partial charge < -0.3 is 5.73 Å². The molecule has 1 unspecified atom stereocenters. The standard InChI is InChI=1S/C13H22BrN3S/c1-3-10-12(14)11(17(4-2)16-10)8-13(9-15)6-5-7-18-13/h3-9,15H2,1-2H3. The van der Waals surface area contributed by atoms with Crippen LogP contribution in [0, 0.1) is 0 Å². The fraction of sp³-hybridized carbons (Fsp3) is 0.769. The lowest BCUT2D eigenvalue weighted by Gasteiger charge is -2.26. The Morgan fingerprint density at radius 3 is 2.78 bits per heavy atom. The van der Waals surface area contributed by atoms with E-state index in [1.807, 2.05) is 11.8 Å². The van der Waals surface area contributed by atoms with Crippen LogP contribution in [0.4, 0.5) is 0 Å². The van der Waals surface area contributed by atoms with Crippen molar-refractivity contribution in [2.75, 3.05) is 12.3 Å². The fourth-order valence-electron chi connectivity index (χ4n) is 2.62. The molecule has 2 heterocycles. The van der Waals surface area contributed by atoms with Gasteiger partial charge in [0.05, 0.1) is 15.9 Å². The summed E-state index contributed by atoms with van der Waals surface area (Å²) in [5, 5.41) is 4.67. The van der Waals surface area contributed by atoms with E-state index in [0.29, 0.717) is 0 Å². The molecule has 0 bridgehead atoms. The third-order valence-corrected chi connectivity index (χ3v) is 6.28. The van der Waals surface area contributed by atoms with Gasteiger partial charge in [0.2, 0.25) is 0 Å². The van der Waals surface area contributed by atoms with E-state index in [0.717, 1.165) is 25.9 Å². The third kappa shape index (κ3) is 2.63. The number of nitrogens with two attached hydrogens (primary N) is 1. The summed E-state index contributed by atoms with van der Waals surface area (Å²) in [7, 11) is 0. The van der Waals surface area contributed by atoms with Crippen molar-refractivity contribution in [3.63, 3.8) is 0 Å². The molecule has 1 saturated heterocycles. The van der Waals surface area contributed by atoms with E-state index in [2.05, 4.69) is 39.6 Å². The van der Waals surface area contributed by atoms with Crippen LogP contribution in [0.1, 0.15) is 38.1 Å². The molecule has 1 atom stereocenters. The summed E-state index contributed by atoms with van der Waals surface area (Å²) < 4.78 is 3.58. The molecule has 0 aliphatic carbocycles. The molecular weight excluding hydrogens is 310 g/mol. The number of hydrogen-bond donors (Lipinski definition) is 1. The zero-order valence-electron chi connectivity index (χ0n) is 11.2. The Morgan fingerprint density at radius 2 is 2.28 bits per heavy atom. The van der Waals surface area contributed by atoms with Crippen molar-refractivity contribution in [1.82, 2.24) is 9.78 Å². The highest BCUT2D eigenvalue weighted by Gasteiger charge is 2.35. The molecule has 0 radical (unpaired) electrons. The van der Waals surface area contributed by atoms with Gasteiger partial charge in [-0.2, -0.15) is 16.9 Å². The lowest BCUT2D eigenvalue weighted by molar-refractivity contribution is 0.524. The van der Waals surface area contributed by atoms with Crippen LogP contribution in [0.25, 0.3) is 0 Å². The van der Waals surface area contributed by atoms with Crippen LogP contribution >= 0.6 is 27.7 Å². The highest BCUT2D eigenvalue weighted by Crippen LogP contribution is 2.41. The van der Waals surface area contributed by atoms with E-state index in [1.54, 1.807) is 0 Å². The molecule has 1 aromatic rings. The average molecular weight is 332 g/mol. The van der Waals surface area contributed by atoms with E-state index in [1.165, 1.54) is 34.5 Å². The van der Waals surface area contributed by atoms with Gasteiger partial charge in [-0.15, -0.1) is 0 Å². The first-order valence-electron chi connectivity index (χ1n) is 6.74. The molecule has 18 heavy (non-hydrogen) atoms. The first kappa shape index (κ1) is 14.4. The summed E-state index contributed by atoms with van der Waals surface area (Å²) in [6, 6.07) is 0. The first-order valence-corrected chi connectivity index (χ1v) is 8.51. The highest BCUT2D eigenvalue weighted by atomic mass is 79.9. The van der Waals surface area contributed by atoms with Gasteiger partial charge in [-0.05, 0) is 47.9 Å². The Morgan fingerprint density at radius 1 is 1.50 bits per heavy atom. The van der Waals surface area contributed by atoms with Crippen LogP contribution in [0.3, 0.4) is 0 Å². The van der Waals surface area contributed by atoms with Gasteiger partial charge >= 0.3 is 0 Å². The molecule has 2 N–H and O–H groups in total. The lowest BCUT2D eigenvalue weighted by atomic mass is 9.97. The summed E-state index contributed by atoms with van der Waals surface area (Å²) in [5.74, 6) is 1.25. The van der Waals surface area contributed by atoms with E-state index < -0.39 is 0 Å². The van der Waals surface area contributed by atoms with Gasteiger partial charge in [0, 0.05) is 24.3 Å². The van der Waals surface area contributed by atoms with Gasteiger partial charge in [-0.3, -0.25) is 4.68 Å². The quantitative estimate of drug-likeness (QED) is 0.901. The number of hydrogen-bond acceptors (Lipinski definition) is 3. The number of thioether (sulfide) groups is 1. The van der Waals surface area contributed by atoms with E-state index >= 15 is 0 Å². The van der Waals surface area contributed by atoms with Crippen LogP contribution in [-0.4, -0.2) is 26.8 Å². The van der Waals surface area contributed by atoms with Crippen molar-refractivity contribution in [2.45, 2.75) is 50.8 Å². The topological polar surface area (TPSA) is 43.8 Å². The lowest BCUT2D eigenvalue weighted by Crippen LogP contribution is -2.35. The monoisotopic (exact) mass is 331 g/mol. The predicted octanol–water partition coefficient (Wildman–Crippen LogP) is 2.99. The van der Waals surface area contributed by atoms with Crippen molar-refractivity contribution < 1.29 is 0 Å². The number of aryl methyl sites for hydroxylation is 2. The van der Waals surface area contributed by atoms with Crippen molar-refractivity contribution in [3.8, 4) is 0 Å². The Balaban J connectivity index is 2.29. The molecule has 102 valence electrons. The predicted molar refractivity (Wildman–Crippen MR) is 82.2 cm³/mol. The minimum atomic E-state index is 0.237. The van der Waals surface area contributed by atoms with Crippen LogP contribution in [0.2, 0.25) is 0 Å². The summed E-state index contributed by atoms with van der Waals surface area (Å²) in [5.41, 5.74) is 8.53. The first-order chi connectivity index (χ1) is 8.65. The molecule has 0 saturated carbocycles. The summed E-state index contributed by atoms with van der Waals surface area (Å²) in [4.78, 5) is 0. The van der Waals surface area contributed by atoms with Gasteiger partial charge in [0.15, 0.2) is 0 Å². The summed E-state index contributed by atoms with van der Waals surface area (Å²) >= 11 is 5.77. The maximum atomic E-state index is 6.03. The maximum absolute atomic E-state index is 6.03. The average Bonchev–Trinajstić information content (AvgIpc) is 2.97. The molecule has 0 amide bonds. The summed E-state index contributed by atoms with van der Waals surface area (Å²) in [6.07, 6.45) is 4.54. The fourth-order valence-corrected chi connectivity index (χ4v) is 4.69. The van der Waals surface area contributed by atoms with Crippen LogP contribution in [0.15, 0.2) is 4.47 Å². The van der Waals surface area contributed by atoms with Gasteiger partial charge in [-0.25, -0.2) is 0 Å². The van der Waals surface area contributed by atoms with E-state index in [9.17, 15) is 0 Å². The third-order valence-electron chi connectivity index (χ3n) is 3.74. The van der Waals surface area contributed by atoms with Crippen molar-refractivity contribution in [1.29, 1.82) is 0 Å². The SMILES string of the molecule is CCc1nn(CC)c(CC2(CN)CCCS2)c1Br. The number of nitrogens with zero attached hydrogens (tertiary/aromatic N) is 2. The largest absolute Gasteiger partial charge is 0.329 e. The maximum Gasteiger partial charge on any atom is 0.0766 e. The minimum Gasteiger partial charge on any atom is -0.329 e. The molecule has 0 aromatic carbocycles. The molecule has 1 fully saturated rings.